The number of nitrogens with one attached hydrogen (secondary N) is 1. The molecule has 0 aromatic heterocycles. The molecule has 4 heteroatoms. The van der Waals surface area contributed by atoms with E-state index < -0.39 is 11.6 Å². The van der Waals surface area contributed by atoms with Crippen LogP contribution in [-0.4, -0.2) is 17.8 Å². The summed E-state index contributed by atoms with van der Waals surface area (Å²) in [6, 6.07) is 4.32. The number of rotatable bonds is 4. The molecule has 0 bridgehead atoms. The van der Waals surface area contributed by atoms with Crippen LogP contribution >= 0.6 is 11.8 Å². The highest BCUT2D eigenvalue weighted by atomic mass is 32.2. The van der Waals surface area contributed by atoms with E-state index in [0.717, 1.165) is 25.5 Å². The Morgan fingerprint density at radius 3 is 2.60 bits per heavy atom. The molecule has 2 rings (SSSR count). The van der Waals surface area contributed by atoms with E-state index in [4.69, 9.17) is 0 Å². The molecule has 1 aliphatic carbocycles. The first-order valence-electron chi connectivity index (χ1n) is 7.55. The van der Waals surface area contributed by atoms with Crippen molar-refractivity contribution in [1.29, 1.82) is 0 Å². The maximum Gasteiger partial charge on any atom is 0.139 e. The Morgan fingerprint density at radius 1 is 1.15 bits per heavy atom. The molecule has 0 heterocycles. The largest absolute Gasteiger partial charge is 0.313 e. The third-order valence-corrected chi connectivity index (χ3v) is 5.29. The van der Waals surface area contributed by atoms with Crippen molar-refractivity contribution in [1.82, 2.24) is 5.32 Å². The van der Waals surface area contributed by atoms with Gasteiger partial charge in [0.15, 0.2) is 0 Å². The van der Waals surface area contributed by atoms with Crippen molar-refractivity contribution in [3.05, 3.63) is 29.8 Å². The molecule has 2 atom stereocenters. The maximum absolute atomic E-state index is 13.8. The first-order valence-corrected chi connectivity index (χ1v) is 8.43. The lowest BCUT2D eigenvalue weighted by atomic mass is 9.96. The zero-order chi connectivity index (χ0) is 14.4. The Balaban J connectivity index is 2.09. The summed E-state index contributed by atoms with van der Waals surface area (Å²) in [6.45, 7) is 3.05. The maximum atomic E-state index is 13.8. The molecule has 0 radical (unpaired) electrons. The summed E-state index contributed by atoms with van der Waals surface area (Å²) >= 11 is 1.57. The summed E-state index contributed by atoms with van der Waals surface area (Å²) in [7, 11) is 0. The summed E-state index contributed by atoms with van der Waals surface area (Å²) < 4.78 is 26.8. The smallest absolute Gasteiger partial charge is 0.139 e. The Morgan fingerprint density at radius 2 is 1.90 bits per heavy atom. The van der Waals surface area contributed by atoms with Gasteiger partial charge in [-0.15, -0.1) is 11.8 Å². The lowest BCUT2D eigenvalue weighted by molar-refractivity contribution is 0.406. The van der Waals surface area contributed by atoms with Crippen molar-refractivity contribution in [2.75, 3.05) is 6.54 Å². The normalized spacial score (nSPS) is 24.1. The van der Waals surface area contributed by atoms with Gasteiger partial charge < -0.3 is 5.32 Å². The fraction of sp³-hybridized carbons (Fsp3) is 0.625. The molecule has 1 nitrogen and oxygen atoms in total. The fourth-order valence-electron chi connectivity index (χ4n) is 2.82. The number of hydrogen-bond acceptors (Lipinski definition) is 2. The zero-order valence-electron chi connectivity index (χ0n) is 12.0. The first-order chi connectivity index (χ1) is 9.70. The summed E-state index contributed by atoms with van der Waals surface area (Å²) in [5.74, 6) is -0.944. The summed E-state index contributed by atoms with van der Waals surface area (Å²) in [6.07, 6.45) is 7.24. The fourth-order valence-corrected chi connectivity index (χ4v) is 4.15. The van der Waals surface area contributed by atoms with Crippen LogP contribution in [0.2, 0.25) is 0 Å². The number of halogens is 2. The molecule has 0 saturated heterocycles. The minimum absolute atomic E-state index is 0.371. The average Bonchev–Trinajstić information content (AvgIpc) is 2.39. The van der Waals surface area contributed by atoms with Gasteiger partial charge in [-0.2, -0.15) is 0 Å². The number of benzene rings is 1. The molecule has 1 aromatic carbocycles. The zero-order valence-corrected chi connectivity index (χ0v) is 12.8. The molecule has 1 saturated carbocycles. The second-order valence-electron chi connectivity index (χ2n) is 5.39. The van der Waals surface area contributed by atoms with Gasteiger partial charge in [0.05, 0.1) is 0 Å². The van der Waals surface area contributed by atoms with Crippen molar-refractivity contribution in [3.8, 4) is 0 Å². The lowest BCUT2D eigenvalue weighted by Crippen LogP contribution is -2.38. The van der Waals surface area contributed by atoms with Crippen LogP contribution in [-0.2, 0) is 0 Å². The predicted molar refractivity (Wildman–Crippen MR) is 81.2 cm³/mol. The second-order valence-corrected chi connectivity index (χ2v) is 6.67. The van der Waals surface area contributed by atoms with E-state index in [2.05, 4.69) is 12.2 Å². The van der Waals surface area contributed by atoms with Crippen LogP contribution < -0.4 is 5.32 Å². The van der Waals surface area contributed by atoms with Crippen LogP contribution in [0, 0.1) is 11.6 Å². The van der Waals surface area contributed by atoms with E-state index in [0.29, 0.717) is 16.2 Å². The molecule has 0 spiro atoms. The Bertz CT molecular complexity index is 425. The molecule has 112 valence electrons. The number of thioether (sulfide) groups is 1. The van der Waals surface area contributed by atoms with Gasteiger partial charge in [0.2, 0.25) is 0 Å². The minimum atomic E-state index is -0.507. The molecular weight excluding hydrogens is 276 g/mol. The highest BCUT2D eigenvalue weighted by Gasteiger charge is 2.24. The van der Waals surface area contributed by atoms with E-state index in [1.165, 1.54) is 31.7 Å². The molecule has 1 aromatic rings. The second kappa shape index (κ2) is 7.99. The van der Waals surface area contributed by atoms with E-state index >= 15 is 0 Å². The van der Waals surface area contributed by atoms with Gasteiger partial charge in [0.25, 0.3) is 0 Å². The molecule has 1 N–H and O–H groups in total. The first kappa shape index (κ1) is 15.8. The van der Waals surface area contributed by atoms with Crippen molar-refractivity contribution in [2.24, 2.45) is 0 Å². The van der Waals surface area contributed by atoms with Crippen LogP contribution in [0.1, 0.15) is 45.4 Å². The van der Waals surface area contributed by atoms with Gasteiger partial charge >= 0.3 is 0 Å². The Labute approximate surface area is 124 Å². The minimum Gasteiger partial charge on any atom is -0.313 e. The van der Waals surface area contributed by atoms with Gasteiger partial charge in [0.1, 0.15) is 11.6 Å². The molecule has 20 heavy (non-hydrogen) atoms. The summed E-state index contributed by atoms with van der Waals surface area (Å²) in [5, 5.41) is 3.91. The van der Waals surface area contributed by atoms with Gasteiger partial charge in [-0.05, 0) is 31.5 Å². The van der Waals surface area contributed by atoms with Crippen molar-refractivity contribution in [3.63, 3.8) is 0 Å². The SMILES string of the molecule is CCNC1CCCCCCC1Sc1ccc(F)cc1F. The van der Waals surface area contributed by atoms with Gasteiger partial charge in [0, 0.05) is 22.3 Å². The Kier molecular flexibility index (Phi) is 6.30. The third-order valence-electron chi connectivity index (χ3n) is 3.84. The van der Waals surface area contributed by atoms with Crippen LogP contribution in [0.25, 0.3) is 0 Å². The van der Waals surface area contributed by atoms with Gasteiger partial charge in [-0.3, -0.25) is 0 Å². The van der Waals surface area contributed by atoms with E-state index in [1.807, 2.05) is 0 Å². The van der Waals surface area contributed by atoms with Crippen molar-refractivity contribution in [2.45, 2.75) is 61.6 Å². The number of hydrogen-bond donors (Lipinski definition) is 1. The quantitative estimate of drug-likeness (QED) is 0.860. The van der Waals surface area contributed by atoms with Crippen molar-refractivity contribution < 1.29 is 8.78 Å². The standard InChI is InChI=1S/C16H23F2NS/c1-2-19-14-7-5-3-4-6-8-16(14)20-15-10-9-12(17)11-13(15)18/h9-11,14,16,19H,2-8H2,1H3. The molecular formula is C16H23F2NS. The molecule has 1 fully saturated rings. The monoisotopic (exact) mass is 299 g/mol. The predicted octanol–water partition coefficient (Wildman–Crippen LogP) is 4.76. The lowest BCUT2D eigenvalue weighted by Gasteiger charge is -2.29. The van der Waals surface area contributed by atoms with Crippen LogP contribution in [0.4, 0.5) is 8.78 Å². The topological polar surface area (TPSA) is 12.0 Å². The third kappa shape index (κ3) is 4.45. The van der Waals surface area contributed by atoms with Crippen LogP contribution in [0.15, 0.2) is 23.1 Å². The summed E-state index contributed by atoms with van der Waals surface area (Å²) in [4.78, 5) is 0.569. The van der Waals surface area contributed by atoms with Crippen LogP contribution in [0.5, 0.6) is 0 Å². The highest BCUT2D eigenvalue weighted by molar-refractivity contribution is 8.00. The van der Waals surface area contributed by atoms with E-state index in [-0.39, 0.29) is 0 Å². The van der Waals surface area contributed by atoms with Gasteiger partial charge in [-0.25, -0.2) is 8.78 Å². The average molecular weight is 299 g/mol. The highest BCUT2D eigenvalue weighted by Crippen LogP contribution is 2.34. The Hall–Kier alpha value is -0.610. The van der Waals surface area contributed by atoms with E-state index in [1.54, 1.807) is 17.8 Å². The molecule has 0 aliphatic heterocycles. The van der Waals surface area contributed by atoms with Gasteiger partial charge in [-0.1, -0.05) is 32.6 Å². The molecule has 0 amide bonds. The molecule has 2 unspecified atom stereocenters. The van der Waals surface area contributed by atoms with Crippen LogP contribution in [0.3, 0.4) is 0 Å². The summed E-state index contributed by atoms with van der Waals surface area (Å²) in [5.41, 5.74) is 0. The van der Waals surface area contributed by atoms with E-state index in [9.17, 15) is 8.78 Å². The molecule has 1 aliphatic rings. The van der Waals surface area contributed by atoms with Crippen molar-refractivity contribution >= 4 is 11.8 Å².